The van der Waals surface area contributed by atoms with Crippen LogP contribution in [0, 0.1) is 0 Å². The third-order valence-corrected chi connectivity index (χ3v) is 0.983. The van der Waals surface area contributed by atoms with Gasteiger partial charge in [-0.2, -0.15) is 15.0 Å². The van der Waals surface area contributed by atoms with Gasteiger partial charge in [0, 0.05) is 6.61 Å². The zero-order valence-electron chi connectivity index (χ0n) is 7.84. The van der Waals surface area contributed by atoms with Gasteiger partial charge in [-0.3, -0.25) is 0 Å². The molecule has 1 heterocycles. The molecule has 0 aliphatic heterocycles. The SMILES string of the molecule is CCOCO.Nc1nc(N)nc(N)n1. The molecule has 0 unspecified atom stereocenters. The van der Waals surface area contributed by atoms with Gasteiger partial charge in [0.1, 0.15) is 6.79 Å². The van der Waals surface area contributed by atoms with E-state index >= 15 is 0 Å². The molecule has 80 valence electrons. The Hall–Kier alpha value is -1.67. The van der Waals surface area contributed by atoms with Gasteiger partial charge in [0.15, 0.2) is 0 Å². The number of nitrogen functional groups attached to an aromatic ring is 3. The van der Waals surface area contributed by atoms with Gasteiger partial charge in [0.25, 0.3) is 0 Å². The van der Waals surface area contributed by atoms with Crippen LogP contribution in [0.5, 0.6) is 0 Å². The molecule has 14 heavy (non-hydrogen) atoms. The Morgan fingerprint density at radius 1 is 1.07 bits per heavy atom. The molecule has 8 nitrogen and oxygen atoms in total. The zero-order chi connectivity index (χ0) is 11.0. The van der Waals surface area contributed by atoms with Gasteiger partial charge in [-0.05, 0) is 6.92 Å². The second kappa shape index (κ2) is 6.80. The van der Waals surface area contributed by atoms with Crippen LogP contribution in [0.2, 0.25) is 0 Å². The third-order valence-electron chi connectivity index (χ3n) is 0.983. The average molecular weight is 202 g/mol. The predicted octanol–water partition coefficient (Wildman–Crippen LogP) is -1.41. The van der Waals surface area contributed by atoms with Crippen molar-refractivity contribution in [1.82, 2.24) is 15.0 Å². The van der Waals surface area contributed by atoms with Crippen molar-refractivity contribution in [2.75, 3.05) is 30.6 Å². The van der Waals surface area contributed by atoms with E-state index in [1.54, 1.807) is 0 Å². The van der Waals surface area contributed by atoms with Gasteiger partial charge in [-0.25, -0.2) is 0 Å². The van der Waals surface area contributed by atoms with Crippen molar-refractivity contribution in [1.29, 1.82) is 0 Å². The first kappa shape index (κ1) is 12.3. The van der Waals surface area contributed by atoms with Crippen LogP contribution in [0.4, 0.5) is 17.8 Å². The van der Waals surface area contributed by atoms with Crippen LogP contribution in [-0.4, -0.2) is 33.5 Å². The number of rotatable bonds is 2. The maximum Gasteiger partial charge on any atom is 0.226 e. The first-order valence-corrected chi connectivity index (χ1v) is 3.81. The average Bonchev–Trinajstić information content (AvgIpc) is 2.03. The van der Waals surface area contributed by atoms with Gasteiger partial charge in [-0.1, -0.05) is 0 Å². The molecule has 0 bridgehead atoms. The molecule has 1 rings (SSSR count). The van der Waals surface area contributed by atoms with Crippen LogP contribution in [0.3, 0.4) is 0 Å². The molecule has 8 heteroatoms. The summed E-state index contributed by atoms with van der Waals surface area (Å²) in [4.78, 5) is 10.5. The number of anilines is 3. The predicted molar refractivity (Wildman–Crippen MR) is 51.8 cm³/mol. The normalized spacial score (nSPS) is 9.00. The number of hydrogen-bond donors (Lipinski definition) is 4. The van der Waals surface area contributed by atoms with Crippen molar-refractivity contribution >= 4 is 17.8 Å². The second-order valence-corrected chi connectivity index (χ2v) is 2.03. The number of aromatic nitrogens is 3. The van der Waals surface area contributed by atoms with Crippen LogP contribution in [0.25, 0.3) is 0 Å². The fourth-order valence-electron chi connectivity index (χ4n) is 0.518. The van der Waals surface area contributed by atoms with Gasteiger partial charge in [0.05, 0.1) is 0 Å². The van der Waals surface area contributed by atoms with Crippen LogP contribution in [0.1, 0.15) is 6.92 Å². The van der Waals surface area contributed by atoms with E-state index in [0.29, 0.717) is 6.61 Å². The number of aliphatic hydroxyl groups excluding tert-OH is 1. The summed E-state index contributed by atoms with van der Waals surface area (Å²) in [6.45, 7) is 2.27. The maximum atomic E-state index is 7.84. The quantitative estimate of drug-likeness (QED) is 0.428. The molecule has 0 amide bonds. The molecule has 0 spiro atoms. The molecule has 0 saturated carbocycles. The topological polar surface area (TPSA) is 146 Å². The fraction of sp³-hybridized carbons (Fsp3) is 0.500. The Kier molecular flexibility index (Phi) is 5.99. The van der Waals surface area contributed by atoms with E-state index < -0.39 is 0 Å². The van der Waals surface area contributed by atoms with E-state index in [4.69, 9.17) is 22.3 Å². The van der Waals surface area contributed by atoms with E-state index in [-0.39, 0.29) is 24.6 Å². The first-order chi connectivity index (χ1) is 6.60. The highest BCUT2D eigenvalue weighted by atomic mass is 16.6. The molecule has 0 aliphatic carbocycles. The molecule has 0 aromatic carbocycles. The Morgan fingerprint density at radius 2 is 1.43 bits per heavy atom. The van der Waals surface area contributed by atoms with Gasteiger partial charge in [0.2, 0.25) is 17.8 Å². The minimum absolute atomic E-state index is 0.0417. The monoisotopic (exact) mass is 202 g/mol. The molecule has 7 N–H and O–H groups in total. The standard InChI is InChI=1S/C3H6N6.C3H8O2/c4-1-7-2(5)9-3(6)8-1;1-2-5-3-4/h(H6,4,5,6,7,8,9);4H,2-3H2,1H3. The van der Waals surface area contributed by atoms with Crippen LogP contribution < -0.4 is 17.2 Å². The summed E-state index contributed by atoms with van der Waals surface area (Å²) in [6.07, 6.45) is 0. The number of hydrogen-bond acceptors (Lipinski definition) is 8. The molecular formula is C6H14N6O2. The molecule has 0 radical (unpaired) electrons. The summed E-state index contributed by atoms with van der Waals surface area (Å²) < 4.78 is 4.39. The lowest BCUT2D eigenvalue weighted by molar-refractivity contribution is 0.00540. The molecule has 1 aromatic rings. The highest BCUT2D eigenvalue weighted by Crippen LogP contribution is 1.97. The second-order valence-electron chi connectivity index (χ2n) is 2.03. The Balaban J connectivity index is 0.000000292. The van der Waals surface area contributed by atoms with E-state index in [2.05, 4.69) is 19.7 Å². The lowest BCUT2D eigenvalue weighted by Gasteiger charge is -1.93. The van der Waals surface area contributed by atoms with E-state index in [9.17, 15) is 0 Å². The number of ether oxygens (including phenoxy) is 1. The number of aliphatic hydroxyl groups is 1. The van der Waals surface area contributed by atoms with E-state index in [0.717, 1.165) is 0 Å². The largest absolute Gasteiger partial charge is 0.371 e. The molecule has 1 aromatic heterocycles. The van der Waals surface area contributed by atoms with E-state index in [1.165, 1.54) is 0 Å². The number of nitrogens with zero attached hydrogens (tertiary/aromatic N) is 3. The van der Waals surface area contributed by atoms with Crippen molar-refractivity contribution in [3.63, 3.8) is 0 Å². The Morgan fingerprint density at radius 3 is 1.57 bits per heavy atom. The van der Waals surface area contributed by atoms with Crippen molar-refractivity contribution in [3.05, 3.63) is 0 Å². The fourth-order valence-corrected chi connectivity index (χ4v) is 0.518. The summed E-state index contributed by atoms with van der Waals surface area (Å²) in [5.74, 6) is 0.125. The van der Waals surface area contributed by atoms with Crippen LogP contribution in [-0.2, 0) is 4.74 Å². The highest BCUT2D eigenvalue weighted by molar-refractivity contribution is 5.33. The van der Waals surface area contributed by atoms with Crippen molar-refractivity contribution < 1.29 is 9.84 Å². The summed E-state index contributed by atoms with van der Waals surface area (Å²) in [5.41, 5.74) is 15.4. The summed E-state index contributed by atoms with van der Waals surface area (Å²) in [7, 11) is 0. The van der Waals surface area contributed by atoms with Crippen molar-refractivity contribution in [2.45, 2.75) is 6.92 Å². The van der Waals surface area contributed by atoms with Gasteiger partial charge < -0.3 is 27.0 Å². The lowest BCUT2D eigenvalue weighted by Crippen LogP contribution is -2.05. The molecule has 0 fully saturated rings. The third kappa shape index (κ3) is 5.91. The summed E-state index contributed by atoms with van der Waals surface area (Å²) in [5, 5.41) is 7.84. The summed E-state index contributed by atoms with van der Waals surface area (Å²) >= 11 is 0. The Bertz CT molecular complexity index is 216. The molecule has 0 saturated heterocycles. The Labute approximate surface area is 81.1 Å². The van der Waals surface area contributed by atoms with Crippen molar-refractivity contribution in [2.24, 2.45) is 0 Å². The lowest BCUT2D eigenvalue weighted by atomic mass is 10.9. The van der Waals surface area contributed by atoms with Crippen LogP contribution in [0.15, 0.2) is 0 Å². The summed E-state index contributed by atoms with van der Waals surface area (Å²) in [6, 6.07) is 0. The van der Waals surface area contributed by atoms with Gasteiger partial charge in [-0.15, -0.1) is 0 Å². The number of nitrogens with two attached hydrogens (primary N) is 3. The zero-order valence-corrected chi connectivity index (χ0v) is 7.84. The smallest absolute Gasteiger partial charge is 0.226 e. The minimum Gasteiger partial charge on any atom is -0.371 e. The highest BCUT2D eigenvalue weighted by Gasteiger charge is 1.93. The maximum absolute atomic E-state index is 7.84. The van der Waals surface area contributed by atoms with E-state index in [1.807, 2.05) is 6.92 Å². The molecular weight excluding hydrogens is 188 g/mol. The minimum atomic E-state index is -0.156. The van der Waals surface area contributed by atoms with Gasteiger partial charge >= 0.3 is 0 Å². The van der Waals surface area contributed by atoms with Crippen molar-refractivity contribution in [3.8, 4) is 0 Å². The molecule has 0 atom stereocenters. The first-order valence-electron chi connectivity index (χ1n) is 3.81. The molecule has 0 aliphatic rings. The van der Waals surface area contributed by atoms with Crippen LogP contribution >= 0.6 is 0 Å².